The minimum atomic E-state index is -0.242. The topological polar surface area (TPSA) is 0 Å². The van der Waals surface area contributed by atoms with Crippen LogP contribution in [0.2, 0.25) is 5.02 Å². The highest BCUT2D eigenvalue weighted by Gasteiger charge is 2.17. The number of hydrogen-bond donors (Lipinski definition) is 0. The van der Waals surface area contributed by atoms with Crippen molar-refractivity contribution in [2.24, 2.45) is 0 Å². The first-order chi connectivity index (χ1) is 9.68. The molecule has 3 aromatic rings. The van der Waals surface area contributed by atoms with Crippen LogP contribution in [0.4, 0.5) is 0 Å². The van der Waals surface area contributed by atoms with Crippen molar-refractivity contribution in [1.29, 1.82) is 0 Å². The molecule has 0 N–H and O–H groups in total. The fourth-order valence-corrected chi connectivity index (χ4v) is 3.17. The van der Waals surface area contributed by atoms with Crippen molar-refractivity contribution < 1.29 is 0 Å². The Hall–Kier alpha value is -1.50. The molecule has 3 rings (SSSR count). The molecule has 0 heterocycles. The third-order valence-corrected chi connectivity index (χ3v) is 4.58. The van der Waals surface area contributed by atoms with Gasteiger partial charge in [-0.25, -0.2) is 0 Å². The van der Waals surface area contributed by atoms with Crippen LogP contribution >= 0.6 is 23.2 Å². The molecule has 20 heavy (non-hydrogen) atoms. The summed E-state index contributed by atoms with van der Waals surface area (Å²) in [4.78, 5) is 0. The normalized spacial score (nSPS) is 12.6. The molecule has 0 saturated carbocycles. The molecule has 0 amide bonds. The minimum Gasteiger partial charge on any atom is -0.113 e. The van der Waals surface area contributed by atoms with E-state index in [1.807, 2.05) is 43.3 Å². The Morgan fingerprint density at radius 1 is 0.800 bits per heavy atom. The Bertz CT molecular complexity index is 757. The van der Waals surface area contributed by atoms with Crippen LogP contribution in [0.25, 0.3) is 10.8 Å². The van der Waals surface area contributed by atoms with Crippen molar-refractivity contribution in [3.05, 3.63) is 82.4 Å². The summed E-state index contributed by atoms with van der Waals surface area (Å²) in [5.74, 6) is 0. The molecule has 0 bridgehead atoms. The minimum absolute atomic E-state index is 0.242. The van der Waals surface area contributed by atoms with Gasteiger partial charge in [0, 0.05) is 5.02 Å². The maximum Gasteiger partial charge on any atom is 0.0855 e. The van der Waals surface area contributed by atoms with Gasteiger partial charge in [-0.2, -0.15) is 0 Å². The van der Waals surface area contributed by atoms with Crippen molar-refractivity contribution in [1.82, 2.24) is 0 Å². The smallest absolute Gasteiger partial charge is 0.0855 e. The Kier molecular flexibility index (Phi) is 3.69. The quantitative estimate of drug-likeness (QED) is 0.499. The molecule has 1 atom stereocenters. The summed E-state index contributed by atoms with van der Waals surface area (Å²) >= 11 is 13.1. The number of aryl methyl sites for hydroxylation is 1. The van der Waals surface area contributed by atoms with Gasteiger partial charge in [-0.05, 0) is 34.4 Å². The second-order valence-electron chi connectivity index (χ2n) is 4.91. The Morgan fingerprint density at radius 3 is 2.30 bits per heavy atom. The van der Waals surface area contributed by atoms with Crippen LogP contribution in [0, 0.1) is 6.92 Å². The molecular formula is C18H14Cl2. The van der Waals surface area contributed by atoms with Crippen LogP contribution in [-0.4, -0.2) is 0 Å². The lowest BCUT2D eigenvalue weighted by Gasteiger charge is -2.15. The monoisotopic (exact) mass is 300 g/mol. The fourth-order valence-electron chi connectivity index (χ4n) is 2.50. The van der Waals surface area contributed by atoms with Crippen LogP contribution in [0.1, 0.15) is 22.1 Å². The first-order valence-electron chi connectivity index (χ1n) is 6.55. The molecular weight excluding hydrogens is 287 g/mol. The van der Waals surface area contributed by atoms with Gasteiger partial charge < -0.3 is 0 Å². The summed E-state index contributed by atoms with van der Waals surface area (Å²) in [5, 5.41) is 2.88. The van der Waals surface area contributed by atoms with Gasteiger partial charge in [-0.1, -0.05) is 72.3 Å². The standard InChI is InChI=1S/C18H14Cl2/c1-12-6-4-11-16(17(12)19)18(20)15-10-5-8-13-7-2-3-9-14(13)15/h2-11,18H,1H3. The number of halogens is 2. The van der Waals surface area contributed by atoms with E-state index in [-0.39, 0.29) is 5.38 Å². The van der Waals surface area contributed by atoms with Gasteiger partial charge in [0.15, 0.2) is 0 Å². The summed E-state index contributed by atoms with van der Waals surface area (Å²) in [6.45, 7) is 2.00. The third-order valence-electron chi connectivity index (χ3n) is 3.59. The molecule has 0 fully saturated rings. The van der Waals surface area contributed by atoms with Gasteiger partial charge in [0.25, 0.3) is 0 Å². The van der Waals surface area contributed by atoms with Gasteiger partial charge >= 0.3 is 0 Å². The van der Waals surface area contributed by atoms with Gasteiger partial charge in [0.1, 0.15) is 0 Å². The maximum absolute atomic E-state index is 6.70. The van der Waals surface area contributed by atoms with E-state index in [1.165, 1.54) is 10.8 Å². The Labute approximate surface area is 129 Å². The van der Waals surface area contributed by atoms with E-state index in [2.05, 4.69) is 24.3 Å². The van der Waals surface area contributed by atoms with Crippen molar-refractivity contribution >= 4 is 34.0 Å². The number of alkyl halides is 1. The largest absolute Gasteiger partial charge is 0.113 e. The first kappa shape index (κ1) is 13.5. The van der Waals surface area contributed by atoms with Gasteiger partial charge in [-0.3, -0.25) is 0 Å². The zero-order valence-corrected chi connectivity index (χ0v) is 12.6. The molecule has 1 unspecified atom stereocenters. The van der Waals surface area contributed by atoms with E-state index in [9.17, 15) is 0 Å². The third kappa shape index (κ3) is 2.30. The molecule has 0 saturated heterocycles. The van der Waals surface area contributed by atoms with E-state index < -0.39 is 0 Å². The van der Waals surface area contributed by atoms with E-state index in [0.717, 1.165) is 21.7 Å². The Morgan fingerprint density at radius 2 is 1.45 bits per heavy atom. The van der Waals surface area contributed by atoms with E-state index in [1.54, 1.807) is 0 Å². The number of rotatable bonds is 2. The van der Waals surface area contributed by atoms with Crippen molar-refractivity contribution in [3.63, 3.8) is 0 Å². The second-order valence-corrected chi connectivity index (χ2v) is 5.72. The maximum atomic E-state index is 6.70. The highest BCUT2D eigenvalue weighted by Crippen LogP contribution is 2.37. The van der Waals surface area contributed by atoms with Crippen LogP contribution in [0.15, 0.2) is 60.7 Å². The second kappa shape index (κ2) is 5.47. The molecule has 0 aliphatic carbocycles. The van der Waals surface area contributed by atoms with Crippen LogP contribution < -0.4 is 0 Å². The highest BCUT2D eigenvalue weighted by molar-refractivity contribution is 6.34. The van der Waals surface area contributed by atoms with E-state index >= 15 is 0 Å². The SMILES string of the molecule is Cc1cccc(C(Cl)c2cccc3ccccc23)c1Cl. The average molecular weight is 301 g/mol. The summed E-state index contributed by atoms with van der Waals surface area (Å²) in [5.41, 5.74) is 3.11. The molecule has 0 nitrogen and oxygen atoms in total. The molecule has 0 aliphatic rings. The molecule has 3 aromatic carbocycles. The molecule has 0 aromatic heterocycles. The molecule has 100 valence electrons. The summed E-state index contributed by atoms with van der Waals surface area (Å²) in [6.07, 6.45) is 0. The predicted molar refractivity (Wildman–Crippen MR) is 87.8 cm³/mol. The van der Waals surface area contributed by atoms with E-state index in [0.29, 0.717) is 0 Å². The highest BCUT2D eigenvalue weighted by atomic mass is 35.5. The number of fused-ring (bicyclic) bond motifs is 1. The summed E-state index contributed by atoms with van der Waals surface area (Å²) in [6, 6.07) is 20.5. The zero-order chi connectivity index (χ0) is 14.1. The zero-order valence-electron chi connectivity index (χ0n) is 11.1. The van der Waals surface area contributed by atoms with E-state index in [4.69, 9.17) is 23.2 Å². The molecule has 0 aliphatic heterocycles. The summed E-state index contributed by atoms with van der Waals surface area (Å²) < 4.78 is 0. The fraction of sp³-hybridized carbons (Fsp3) is 0.111. The molecule has 0 radical (unpaired) electrons. The van der Waals surface area contributed by atoms with Crippen LogP contribution in [0.3, 0.4) is 0 Å². The average Bonchev–Trinajstić information content (AvgIpc) is 2.49. The lowest BCUT2D eigenvalue weighted by Crippen LogP contribution is -1.96. The van der Waals surface area contributed by atoms with Crippen molar-refractivity contribution in [2.75, 3.05) is 0 Å². The number of benzene rings is 3. The lowest BCUT2D eigenvalue weighted by atomic mass is 9.97. The van der Waals surface area contributed by atoms with Crippen LogP contribution in [0.5, 0.6) is 0 Å². The van der Waals surface area contributed by atoms with Gasteiger partial charge in [-0.15, -0.1) is 11.6 Å². The molecule has 2 heteroatoms. The van der Waals surface area contributed by atoms with Crippen molar-refractivity contribution in [3.8, 4) is 0 Å². The van der Waals surface area contributed by atoms with Crippen LogP contribution in [-0.2, 0) is 0 Å². The van der Waals surface area contributed by atoms with Gasteiger partial charge in [0.05, 0.1) is 5.38 Å². The predicted octanol–water partition coefficient (Wildman–Crippen LogP) is 6.13. The summed E-state index contributed by atoms with van der Waals surface area (Å²) in [7, 11) is 0. The Balaban J connectivity index is 2.18. The lowest BCUT2D eigenvalue weighted by molar-refractivity contribution is 1.15. The van der Waals surface area contributed by atoms with Gasteiger partial charge in [0.2, 0.25) is 0 Å². The first-order valence-corrected chi connectivity index (χ1v) is 7.36. The molecule has 0 spiro atoms. The number of hydrogen-bond acceptors (Lipinski definition) is 0. The van der Waals surface area contributed by atoms with Crippen molar-refractivity contribution in [2.45, 2.75) is 12.3 Å².